The Bertz CT molecular complexity index is 1200. The predicted octanol–water partition coefficient (Wildman–Crippen LogP) is -11.9. The molecular weight excluding hydrogens is 776 g/mol. The first-order valence-corrected chi connectivity index (χ1v) is 17.6. The standard InChI is InChI=1S/C30H52O26/c31-1-6-11(36)13(38)18(43)26(48-6)53-23-8(3-33)50-28(20(45)15(23)40)55-25-10(5-35)52-30(22(47)17(25)42)56-29-21(46)16(41)24(9(4-34)51-29)54-27-19(44)14(39)12(37)7(2-32)49-27/h6-47H,1-5H2/t6-,7-,8-,9-,10-,11+,12+,13+,14+,15-,16-,17-,18-,19-,20-,21-,22-,23+,24+,25-,26+,27+,28+,29+,30-/m1/s1. The minimum absolute atomic E-state index is 0.809. The van der Waals surface area contributed by atoms with Crippen molar-refractivity contribution in [2.75, 3.05) is 33.0 Å². The van der Waals surface area contributed by atoms with E-state index in [4.69, 9.17) is 42.6 Å². The molecule has 5 aliphatic heterocycles. The maximum Gasteiger partial charge on any atom is 0.189 e. The van der Waals surface area contributed by atoms with Crippen LogP contribution in [0.15, 0.2) is 0 Å². The van der Waals surface area contributed by atoms with Crippen LogP contribution >= 0.6 is 0 Å². The Labute approximate surface area is 316 Å². The van der Waals surface area contributed by atoms with Gasteiger partial charge in [0.2, 0.25) is 0 Å². The Morgan fingerprint density at radius 1 is 0.250 bits per heavy atom. The molecule has 328 valence electrons. The fourth-order valence-corrected chi connectivity index (χ4v) is 6.96. The molecule has 0 bridgehead atoms. The Kier molecular flexibility index (Phi) is 16.1. The third-order valence-corrected chi connectivity index (χ3v) is 10.3. The van der Waals surface area contributed by atoms with Crippen LogP contribution in [0.5, 0.6) is 0 Å². The van der Waals surface area contributed by atoms with Crippen LogP contribution in [0.25, 0.3) is 0 Å². The van der Waals surface area contributed by atoms with Crippen molar-refractivity contribution in [3.63, 3.8) is 0 Å². The second-order valence-corrected chi connectivity index (χ2v) is 14.0. The molecule has 0 amide bonds. The third-order valence-electron chi connectivity index (χ3n) is 10.3. The molecule has 25 atom stereocenters. The number of aliphatic hydroxyl groups is 17. The van der Waals surface area contributed by atoms with E-state index in [1.54, 1.807) is 0 Å². The van der Waals surface area contributed by atoms with Gasteiger partial charge in [-0.25, -0.2) is 0 Å². The van der Waals surface area contributed by atoms with Gasteiger partial charge in [-0.2, -0.15) is 0 Å². The summed E-state index contributed by atoms with van der Waals surface area (Å²) in [7, 11) is 0. The number of ether oxygens (including phenoxy) is 9. The zero-order valence-corrected chi connectivity index (χ0v) is 29.2. The lowest BCUT2D eigenvalue weighted by Crippen LogP contribution is -2.67. The van der Waals surface area contributed by atoms with Crippen molar-refractivity contribution in [2.45, 2.75) is 154 Å². The summed E-state index contributed by atoms with van der Waals surface area (Å²) >= 11 is 0. The van der Waals surface area contributed by atoms with Gasteiger partial charge in [0.25, 0.3) is 0 Å². The minimum atomic E-state index is -2.12. The quantitative estimate of drug-likeness (QED) is 0.0819. The Balaban J connectivity index is 1.21. The fourth-order valence-electron chi connectivity index (χ4n) is 6.96. The summed E-state index contributed by atoms with van der Waals surface area (Å²) in [5.74, 6) is 0. The van der Waals surface area contributed by atoms with E-state index in [0.29, 0.717) is 0 Å². The summed E-state index contributed by atoms with van der Waals surface area (Å²) in [5.41, 5.74) is 0. The number of rotatable bonds is 13. The molecule has 17 N–H and O–H groups in total. The van der Waals surface area contributed by atoms with Gasteiger partial charge in [0, 0.05) is 0 Å². The Hall–Kier alpha value is -1.04. The zero-order valence-electron chi connectivity index (χ0n) is 29.2. The van der Waals surface area contributed by atoms with Crippen molar-refractivity contribution >= 4 is 0 Å². The molecule has 0 spiro atoms. The van der Waals surface area contributed by atoms with Gasteiger partial charge >= 0.3 is 0 Å². The highest BCUT2D eigenvalue weighted by Gasteiger charge is 2.56. The highest BCUT2D eigenvalue weighted by molar-refractivity contribution is 4.98. The van der Waals surface area contributed by atoms with Gasteiger partial charge in [0.15, 0.2) is 31.5 Å². The van der Waals surface area contributed by atoms with Crippen LogP contribution in [0, 0.1) is 0 Å². The molecule has 0 radical (unpaired) electrons. The van der Waals surface area contributed by atoms with Gasteiger partial charge in [0.1, 0.15) is 122 Å². The fraction of sp³-hybridized carbons (Fsp3) is 1.00. The van der Waals surface area contributed by atoms with Crippen molar-refractivity contribution in [1.82, 2.24) is 0 Å². The highest BCUT2D eigenvalue weighted by atomic mass is 16.8. The summed E-state index contributed by atoms with van der Waals surface area (Å²) in [6.07, 6.45) is -45.7. The topological polar surface area (TPSA) is 427 Å². The lowest BCUT2D eigenvalue weighted by Gasteiger charge is -2.49. The van der Waals surface area contributed by atoms with Gasteiger partial charge in [-0.3, -0.25) is 0 Å². The molecule has 26 nitrogen and oxygen atoms in total. The molecule has 5 saturated heterocycles. The maximum absolute atomic E-state index is 11.0. The van der Waals surface area contributed by atoms with E-state index < -0.39 is 187 Å². The van der Waals surface area contributed by atoms with Crippen molar-refractivity contribution in [1.29, 1.82) is 0 Å². The lowest BCUT2D eigenvalue weighted by atomic mass is 9.96. The SMILES string of the molecule is OC[C@H]1O[C@@H](O[C@@H]2[C@H](O)[C@@H](O)[C@H](O[C@H]3O[C@H](CO)[C@@H](O[C@@H]4O[C@H](CO)[C@H](O[C@@H]5O[C@H](CO)[C@H](O)[C@H](O)[C@H]5O)[C@H](O)[C@H]4O)[C@H](O)[C@H]3O)O[C@@H]2CO)[C@H](O)[C@@H](O)[C@H]1O. The average molecular weight is 829 g/mol. The Morgan fingerprint density at radius 3 is 0.714 bits per heavy atom. The van der Waals surface area contributed by atoms with E-state index in [2.05, 4.69) is 0 Å². The van der Waals surface area contributed by atoms with Crippen molar-refractivity contribution < 1.29 is 129 Å². The molecule has 26 heteroatoms. The zero-order chi connectivity index (χ0) is 41.3. The van der Waals surface area contributed by atoms with Crippen LogP contribution in [-0.2, 0) is 42.6 Å². The van der Waals surface area contributed by atoms with E-state index in [-0.39, 0.29) is 0 Å². The molecule has 5 aliphatic rings. The second-order valence-electron chi connectivity index (χ2n) is 14.0. The number of hydrogen-bond donors (Lipinski definition) is 17. The van der Waals surface area contributed by atoms with Crippen LogP contribution in [0.1, 0.15) is 0 Å². The Morgan fingerprint density at radius 2 is 0.464 bits per heavy atom. The van der Waals surface area contributed by atoms with Gasteiger partial charge in [0.05, 0.1) is 33.0 Å². The molecule has 5 heterocycles. The van der Waals surface area contributed by atoms with Crippen molar-refractivity contribution in [3.05, 3.63) is 0 Å². The average Bonchev–Trinajstić information content (AvgIpc) is 3.19. The van der Waals surface area contributed by atoms with E-state index in [0.717, 1.165) is 0 Å². The van der Waals surface area contributed by atoms with Gasteiger partial charge < -0.3 is 129 Å². The summed E-state index contributed by atoms with van der Waals surface area (Å²) in [6, 6.07) is 0. The first-order valence-electron chi connectivity index (χ1n) is 17.6. The lowest BCUT2D eigenvalue weighted by molar-refractivity contribution is -0.403. The largest absolute Gasteiger partial charge is 0.394 e. The first kappa shape index (κ1) is 46.0. The van der Waals surface area contributed by atoms with Gasteiger partial charge in [-0.05, 0) is 0 Å². The molecule has 0 unspecified atom stereocenters. The van der Waals surface area contributed by atoms with Crippen molar-refractivity contribution in [2.24, 2.45) is 0 Å². The van der Waals surface area contributed by atoms with Crippen molar-refractivity contribution in [3.8, 4) is 0 Å². The molecule has 0 aromatic rings. The molecule has 0 aromatic carbocycles. The van der Waals surface area contributed by atoms with Crippen LogP contribution in [0.2, 0.25) is 0 Å². The maximum atomic E-state index is 11.0. The van der Waals surface area contributed by atoms with E-state index >= 15 is 0 Å². The molecule has 5 fully saturated rings. The summed E-state index contributed by atoms with van der Waals surface area (Å²) in [6.45, 7) is -4.46. The number of hydrogen-bond acceptors (Lipinski definition) is 26. The second kappa shape index (κ2) is 19.6. The summed E-state index contributed by atoms with van der Waals surface area (Å²) in [5, 5.41) is 175. The van der Waals surface area contributed by atoms with Crippen LogP contribution in [0.4, 0.5) is 0 Å². The highest BCUT2D eigenvalue weighted by Crippen LogP contribution is 2.35. The molecule has 0 saturated carbocycles. The van der Waals surface area contributed by atoms with Crippen LogP contribution < -0.4 is 0 Å². The third kappa shape index (κ3) is 9.16. The van der Waals surface area contributed by atoms with E-state index in [9.17, 15) is 86.8 Å². The molecule has 0 aromatic heterocycles. The number of aliphatic hydroxyl groups excluding tert-OH is 17. The monoisotopic (exact) mass is 828 g/mol. The van der Waals surface area contributed by atoms with E-state index in [1.165, 1.54) is 0 Å². The minimum Gasteiger partial charge on any atom is -0.394 e. The van der Waals surface area contributed by atoms with Gasteiger partial charge in [-0.1, -0.05) is 0 Å². The van der Waals surface area contributed by atoms with Crippen LogP contribution in [-0.4, -0.2) is 273 Å². The molecule has 0 aliphatic carbocycles. The normalized spacial score (nSPS) is 53.2. The molecular formula is C30H52O26. The molecule has 5 rings (SSSR count). The smallest absolute Gasteiger partial charge is 0.189 e. The predicted molar refractivity (Wildman–Crippen MR) is 167 cm³/mol. The summed E-state index contributed by atoms with van der Waals surface area (Å²) < 4.78 is 49.1. The molecule has 56 heavy (non-hydrogen) atoms. The van der Waals surface area contributed by atoms with E-state index in [1.807, 2.05) is 0 Å². The first-order chi connectivity index (χ1) is 26.5. The van der Waals surface area contributed by atoms with Crippen LogP contribution in [0.3, 0.4) is 0 Å². The summed E-state index contributed by atoms with van der Waals surface area (Å²) in [4.78, 5) is 0. The van der Waals surface area contributed by atoms with Gasteiger partial charge in [-0.15, -0.1) is 0 Å².